The van der Waals surface area contributed by atoms with Crippen LogP contribution in [0.25, 0.3) is 0 Å². The number of amides is 2. The first-order valence-electron chi connectivity index (χ1n) is 11.2. The van der Waals surface area contributed by atoms with Gasteiger partial charge in [-0.3, -0.25) is 14.5 Å². The minimum atomic E-state index is -0.259. The lowest BCUT2D eigenvalue weighted by Gasteiger charge is -2.32. The SMILES string of the molecule is O=C1COc2ccccc2C(=O)N1CCCCCN1CCC(c2ccc(Cl)cc2)CC1. The molecule has 2 amide bonds. The largest absolute Gasteiger partial charge is 0.483 e. The molecule has 2 aliphatic heterocycles. The predicted octanol–water partition coefficient (Wildman–Crippen LogP) is 4.75. The summed E-state index contributed by atoms with van der Waals surface area (Å²) in [5, 5.41) is 0.793. The Morgan fingerprint density at radius 3 is 2.39 bits per heavy atom. The summed E-state index contributed by atoms with van der Waals surface area (Å²) in [5.41, 5.74) is 1.86. The predicted molar refractivity (Wildman–Crippen MR) is 122 cm³/mol. The minimum absolute atomic E-state index is 0.0781. The van der Waals surface area contributed by atoms with Crippen molar-refractivity contribution in [3.63, 3.8) is 0 Å². The number of fused-ring (bicyclic) bond motifs is 1. The third kappa shape index (κ3) is 5.46. The number of benzene rings is 2. The number of hydrogen-bond donors (Lipinski definition) is 0. The van der Waals surface area contributed by atoms with Crippen molar-refractivity contribution in [1.29, 1.82) is 0 Å². The number of rotatable bonds is 7. The Kier molecular flexibility index (Phi) is 7.25. The quantitative estimate of drug-likeness (QED) is 0.460. The summed E-state index contributed by atoms with van der Waals surface area (Å²) in [6.45, 7) is 3.68. The van der Waals surface area contributed by atoms with Crippen LogP contribution >= 0.6 is 11.6 Å². The molecule has 0 atom stereocenters. The first-order chi connectivity index (χ1) is 15.1. The van der Waals surface area contributed by atoms with Crippen LogP contribution in [0.5, 0.6) is 5.75 Å². The molecule has 0 aromatic heterocycles. The zero-order valence-electron chi connectivity index (χ0n) is 17.8. The molecule has 2 aromatic carbocycles. The van der Waals surface area contributed by atoms with Gasteiger partial charge in [-0.1, -0.05) is 42.3 Å². The van der Waals surface area contributed by atoms with Gasteiger partial charge in [0, 0.05) is 11.6 Å². The fraction of sp³-hybridized carbons (Fsp3) is 0.440. The van der Waals surface area contributed by atoms with E-state index in [0.29, 0.717) is 23.8 Å². The smallest absolute Gasteiger partial charge is 0.267 e. The maximum atomic E-state index is 12.7. The summed E-state index contributed by atoms with van der Waals surface area (Å²) in [6, 6.07) is 15.3. The topological polar surface area (TPSA) is 49.9 Å². The summed E-state index contributed by atoms with van der Waals surface area (Å²) < 4.78 is 5.49. The van der Waals surface area contributed by atoms with Gasteiger partial charge >= 0.3 is 0 Å². The highest BCUT2D eigenvalue weighted by Crippen LogP contribution is 2.29. The van der Waals surface area contributed by atoms with Gasteiger partial charge in [-0.15, -0.1) is 0 Å². The molecular weight excluding hydrogens is 412 g/mol. The summed E-state index contributed by atoms with van der Waals surface area (Å²) >= 11 is 6.00. The van der Waals surface area contributed by atoms with Crippen molar-refractivity contribution >= 4 is 23.4 Å². The maximum absolute atomic E-state index is 12.7. The zero-order valence-corrected chi connectivity index (χ0v) is 18.5. The number of unbranched alkanes of at least 4 members (excludes halogenated alkanes) is 2. The van der Waals surface area contributed by atoms with Crippen LogP contribution < -0.4 is 4.74 Å². The molecular formula is C25H29ClN2O3. The number of imide groups is 1. The number of carbonyl (C=O) groups excluding carboxylic acids is 2. The summed E-state index contributed by atoms with van der Waals surface area (Å²) in [5.74, 6) is 0.608. The van der Waals surface area contributed by atoms with E-state index in [1.165, 1.54) is 23.3 Å². The molecule has 1 saturated heterocycles. The van der Waals surface area contributed by atoms with Crippen LogP contribution in [0.4, 0.5) is 0 Å². The number of nitrogens with zero attached hydrogens (tertiary/aromatic N) is 2. The van der Waals surface area contributed by atoms with Crippen LogP contribution in [0.15, 0.2) is 48.5 Å². The number of likely N-dealkylation sites (tertiary alicyclic amines) is 1. The number of para-hydroxylation sites is 1. The van der Waals surface area contributed by atoms with Crippen molar-refractivity contribution in [2.45, 2.75) is 38.0 Å². The number of ether oxygens (including phenoxy) is 1. The molecule has 0 spiro atoms. The van der Waals surface area contributed by atoms with Crippen LogP contribution in [-0.4, -0.2) is 54.4 Å². The first kappa shape index (κ1) is 21.8. The van der Waals surface area contributed by atoms with E-state index in [2.05, 4.69) is 17.0 Å². The number of piperidine rings is 1. The van der Waals surface area contributed by atoms with Gasteiger partial charge in [0.2, 0.25) is 0 Å². The maximum Gasteiger partial charge on any atom is 0.267 e. The summed E-state index contributed by atoms with van der Waals surface area (Å²) in [7, 11) is 0. The van der Waals surface area contributed by atoms with Gasteiger partial charge in [-0.25, -0.2) is 0 Å². The standard InChI is InChI=1S/C25H29ClN2O3/c26-21-10-8-19(9-11-21)20-12-16-27(17-13-20)14-4-1-5-15-28-24(29)18-31-23-7-3-2-6-22(23)25(28)30/h2-3,6-11,20H,1,4-5,12-18H2. The monoisotopic (exact) mass is 440 g/mol. The normalized spacial score (nSPS) is 17.9. The van der Waals surface area contributed by atoms with Crippen LogP contribution in [-0.2, 0) is 4.79 Å². The Labute approximate surface area is 188 Å². The molecule has 6 heteroatoms. The molecule has 0 radical (unpaired) electrons. The number of halogens is 1. The Morgan fingerprint density at radius 2 is 1.61 bits per heavy atom. The fourth-order valence-electron chi connectivity index (χ4n) is 4.48. The average molecular weight is 441 g/mol. The van der Waals surface area contributed by atoms with Crippen molar-refractivity contribution in [3.8, 4) is 5.75 Å². The average Bonchev–Trinajstić information content (AvgIpc) is 2.91. The van der Waals surface area contributed by atoms with Crippen LogP contribution in [0.2, 0.25) is 5.02 Å². The minimum Gasteiger partial charge on any atom is -0.483 e. The van der Waals surface area contributed by atoms with Crippen LogP contribution in [0.1, 0.15) is 53.9 Å². The van der Waals surface area contributed by atoms with Gasteiger partial charge in [0.1, 0.15) is 5.75 Å². The lowest BCUT2D eigenvalue weighted by molar-refractivity contribution is -0.130. The highest BCUT2D eigenvalue weighted by Gasteiger charge is 2.28. The highest BCUT2D eigenvalue weighted by atomic mass is 35.5. The Balaban J connectivity index is 1.17. The van der Waals surface area contributed by atoms with Crippen molar-refractivity contribution in [2.24, 2.45) is 0 Å². The van der Waals surface area contributed by atoms with Crippen molar-refractivity contribution in [1.82, 2.24) is 9.80 Å². The van der Waals surface area contributed by atoms with Gasteiger partial charge in [0.05, 0.1) is 5.56 Å². The van der Waals surface area contributed by atoms with Crippen molar-refractivity contribution < 1.29 is 14.3 Å². The number of hydrogen-bond acceptors (Lipinski definition) is 4. The Hall–Kier alpha value is -2.37. The van der Waals surface area contributed by atoms with Gasteiger partial charge in [-0.2, -0.15) is 0 Å². The van der Waals surface area contributed by atoms with Gasteiger partial charge < -0.3 is 9.64 Å². The zero-order chi connectivity index (χ0) is 21.6. The Morgan fingerprint density at radius 1 is 0.903 bits per heavy atom. The molecule has 0 N–H and O–H groups in total. The second-order valence-electron chi connectivity index (χ2n) is 8.36. The lowest BCUT2D eigenvalue weighted by atomic mass is 9.89. The molecule has 0 aliphatic carbocycles. The molecule has 0 unspecified atom stereocenters. The summed E-state index contributed by atoms with van der Waals surface area (Å²) in [6.07, 6.45) is 5.25. The van der Waals surface area contributed by atoms with E-state index in [-0.39, 0.29) is 18.4 Å². The van der Waals surface area contributed by atoms with Crippen LogP contribution in [0, 0.1) is 0 Å². The molecule has 1 fully saturated rings. The number of carbonyl (C=O) groups is 2. The van der Waals surface area contributed by atoms with E-state index in [1.54, 1.807) is 18.2 Å². The van der Waals surface area contributed by atoms with Gasteiger partial charge in [0.25, 0.3) is 11.8 Å². The molecule has 2 aromatic rings. The fourth-order valence-corrected chi connectivity index (χ4v) is 4.60. The summed E-state index contributed by atoms with van der Waals surface area (Å²) in [4.78, 5) is 28.9. The first-order valence-corrected chi connectivity index (χ1v) is 11.5. The third-order valence-electron chi connectivity index (χ3n) is 6.30. The molecule has 4 rings (SSSR count). The second-order valence-corrected chi connectivity index (χ2v) is 8.80. The highest BCUT2D eigenvalue weighted by molar-refractivity contribution is 6.30. The lowest BCUT2D eigenvalue weighted by Crippen LogP contribution is -2.38. The van der Waals surface area contributed by atoms with Gasteiger partial charge in [0.15, 0.2) is 6.61 Å². The second kappa shape index (κ2) is 10.3. The molecule has 164 valence electrons. The molecule has 0 bridgehead atoms. The van der Waals surface area contributed by atoms with Crippen LogP contribution in [0.3, 0.4) is 0 Å². The van der Waals surface area contributed by atoms with E-state index in [0.717, 1.165) is 43.9 Å². The van der Waals surface area contributed by atoms with Crippen molar-refractivity contribution in [2.75, 3.05) is 32.8 Å². The van der Waals surface area contributed by atoms with E-state index in [4.69, 9.17) is 16.3 Å². The third-order valence-corrected chi connectivity index (χ3v) is 6.55. The van der Waals surface area contributed by atoms with Crippen molar-refractivity contribution in [3.05, 3.63) is 64.7 Å². The van der Waals surface area contributed by atoms with E-state index in [9.17, 15) is 9.59 Å². The molecule has 2 aliphatic rings. The molecule has 2 heterocycles. The van der Waals surface area contributed by atoms with E-state index < -0.39 is 0 Å². The van der Waals surface area contributed by atoms with Gasteiger partial charge in [-0.05, 0) is 81.1 Å². The Bertz CT molecular complexity index is 907. The molecule has 0 saturated carbocycles. The van der Waals surface area contributed by atoms with E-state index in [1.807, 2.05) is 18.2 Å². The molecule has 5 nitrogen and oxygen atoms in total. The van der Waals surface area contributed by atoms with E-state index >= 15 is 0 Å². The molecule has 31 heavy (non-hydrogen) atoms.